The number of pyridine rings is 1. The van der Waals surface area contributed by atoms with E-state index in [-0.39, 0.29) is 5.91 Å². The van der Waals surface area contributed by atoms with Gasteiger partial charge in [-0.15, -0.1) is 0 Å². The van der Waals surface area contributed by atoms with Crippen LogP contribution in [0.5, 0.6) is 0 Å². The topological polar surface area (TPSA) is 103 Å². The van der Waals surface area contributed by atoms with Gasteiger partial charge < -0.3 is 5.32 Å². The molecule has 0 atom stereocenters. The molecule has 1 heterocycles. The van der Waals surface area contributed by atoms with Crippen molar-refractivity contribution in [3.8, 4) is 6.19 Å². The van der Waals surface area contributed by atoms with Crippen molar-refractivity contribution < 1.29 is 9.63 Å². The number of nitrogens with zero attached hydrogens (tertiary/aromatic N) is 4. The molecule has 0 aliphatic carbocycles. The molecule has 0 aliphatic heterocycles. The summed E-state index contributed by atoms with van der Waals surface area (Å²) in [6.45, 7) is 0.605. The number of hydrogen-bond donors (Lipinski definition) is 2. The molecular formula is C16H24N6O2. The number of nitriles is 1. The summed E-state index contributed by atoms with van der Waals surface area (Å²) in [7, 11) is 3.08. The quantitative estimate of drug-likeness (QED) is 0.179. The first-order chi connectivity index (χ1) is 11.7. The van der Waals surface area contributed by atoms with E-state index in [1.165, 1.54) is 12.2 Å². The van der Waals surface area contributed by atoms with E-state index in [0.717, 1.165) is 31.4 Å². The lowest BCUT2D eigenvalue weighted by atomic mass is 10.1. The van der Waals surface area contributed by atoms with Crippen LogP contribution in [0, 0.1) is 11.5 Å². The average Bonchev–Trinajstić information content (AvgIpc) is 2.60. The number of rotatable bonds is 9. The molecule has 0 spiro atoms. The number of amides is 1. The summed E-state index contributed by atoms with van der Waals surface area (Å²) in [5.74, 6) is 0.401. The fourth-order valence-corrected chi connectivity index (χ4v) is 1.93. The van der Waals surface area contributed by atoms with Gasteiger partial charge in [0.1, 0.15) is 0 Å². The van der Waals surface area contributed by atoms with Gasteiger partial charge in [0.2, 0.25) is 11.9 Å². The molecule has 24 heavy (non-hydrogen) atoms. The molecule has 1 aromatic rings. The molecule has 0 bridgehead atoms. The molecular weight excluding hydrogens is 308 g/mol. The molecule has 0 saturated heterocycles. The van der Waals surface area contributed by atoms with Gasteiger partial charge in [0.25, 0.3) is 0 Å². The minimum Gasteiger partial charge on any atom is -0.325 e. The van der Waals surface area contributed by atoms with Gasteiger partial charge in [-0.05, 0) is 25.0 Å². The Hall–Kier alpha value is -2.66. The van der Waals surface area contributed by atoms with Crippen molar-refractivity contribution >= 4 is 17.6 Å². The van der Waals surface area contributed by atoms with Crippen molar-refractivity contribution in [2.75, 3.05) is 26.0 Å². The number of hydrogen-bond acceptors (Lipinski definition) is 5. The van der Waals surface area contributed by atoms with Crippen LogP contribution in [0.2, 0.25) is 0 Å². The van der Waals surface area contributed by atoms with E-state index in [1.54, 1.807) is 31.6 Å². The molecule has 0 fully saturated rings. The summed E-state index contributed by atoms with van der Waals surface area (Å²) >= 11 is 0. The van der Waals surface area contributed by atoms with Crippen molar-refractivity contribution in [3.63, 3.8) is 0 Å². The molecule has 1 aromatic heterocycles. The zero-order valence-corrected chi connectivity index (χ0v) is 14.2. The summed E-state index contributed by atoms with van der Waals surface area (Å²) < 4.78 is 0. The van der Waals surface area contributed by atoms with Crippen LogP contribution in [0.1, 0.15) is 32.1 Å². The number of anilines is 1. The summed E-state index contributed by atoms with van der Waals surface area (Å²) in [5.41, 5.74) is 0.812. The first-order valence-electron chi connectivity index (χ1n) is 7.84. The van der Waals surface area contributed by atoms with Gasteiger partial charge in [-0.1, -0.05) is 12.8 Å². The molecule has 1 amide bonds. The second-order valence-electron chi connectivity index (χ2n) is 5.07. The Morgan fingerprint density at radius 2 is 2.04 bits per heavy atom. The summed E-state index contributed by atoms with van der Waals surface area (Å²) in [4.78, 5) is 24.6. The van der Waals surface area contributed by atoms with Gasteiger partial charge in [0.15, 0.2) is 6.19 Å². The van der Waals surface area contributed by atoms with Crippen LogP contribution in [0.3, 0.4) is 0 Å². The lowest BCUT2D eigenvalue weighted by molar-refractivity contribution is -0.168. The Morgan fingerprint density at radius 3 is 2.71 bits per heavy atom. The monoisotopic (exact) mass is 332 g/mol. The summed E-state index contributed by atoms with van der Waals surface area (Å²) in [6.07, 6.45) is 9.32. The highest BCUT2D eigenvalue weighted by atomic mass is 16.7. The van der Waals surface area contributed by atoms with Crippen molar-refractivity contribution in [1.82, 2.24) is 15.4 Å². The minimum absolute atomic E-state index is 0.0161. The second-order valence-corrected chi connectivity index (χ2v) is 5.07. The molecule has 8 nitrogen and oxygen atoms in total. The largest absolute Gasteiger partial charge is 0.325 e. The van der Waals surface area contributed by atoms with Gasteiger partial charge in [0, 0.05) is 38.1 Å². The standard InChI is InChI=1S/C16H24N6O2/c1-22(24-2)15(23)7-5-3-4-6-10-19-16(20-13-17)21-14-8-11-18-12-9-14/h8-9,11-12H,3-7,10H2,1-2H3,(H2,18,19,20,21). The highest BCUT2D eigenvalue weighted by Gasteiger charge is 2.06. The van der Waals surface area contributed by atoms with E-state index in [0.29, 0.717) is 18.9 Å². The van der Waals surface area contributed by atoms with Crippen molar-refractivity contribution in [3.05, 3.63) is 24.5 Å². The molecule has 0 aromatic carbocycles. The van der Waals surface area contributed by atoms with E-state index in [4.69, 9.17) is 10.1 Å². The fourth-order valence-electron chi connectivity index (χ4n) is 1.93. The zero-order chi connectivity index (χ0) is 17.6. The highest BCUT2D eigenvalue weighted by Crippen LogP contribution is 2.06. The average molecular weight is 332 g/mol. The van der Waals surface area contributed by atoms with E-state index in [1.807, 2.05) is 6.19 Å². The molecule has 130 valence electrons. The third kappa shape index (κ3) is 8.10. The van der Waals surface area contributed by atoms with Crippen LogP contribution in [0.15, 0.2) is 29.5 Å². The van der Waals surface area contributed by atoms with Crippen LogP contribution < -0.4 is 10.6 Å². The maximum Gasteiger partial charge on any atom is 0.245 e. The normalized spacial score (nSPS) is 10.8. The lowest BCUT2D eigenvalue weighted by Gasteiger charge is -2.12. The number of carbonyl (C=O) groups excluding carboxylic acids is 1. The van der Waals surface area contributed by atoms with E-state index < -0.39 is 0 Å². The molecule has 0 aliphatic rings. The number of nitrogens with one attached hydrogen (secondary N) is 2. The smallest absolute Gasteiger partial charge is 0.245 e. The number of unbranched alkanes of at least 4 members (excludes halogenated alkanes) is 3. The SMILES string of the molecule is CON(C)C(=O)CCCCCCN=C(NC#N)Nc1ccncc1. The first-order valence-corrected chi connectivity index (χ1v) is 7.84. The maximum absolute atomic E-state index is 11.5. The first kappa shape index (κ1) is 19.4. The highest BCUT2D eigenvalue weighted by molar-refractivity contribution is 5.94. The van der Waals surface area contributed by atoms with Crippen LogP contribution in [0.25, 0.3) is 0 Å². The lowest BCUT2D eigenvalue weighted by Crippen LogP contribution is -2.27. The van der Waals surface area contributed by atoms with Crippen LogP contribution in [-0.2, 0) is 9.63 Å². The number of hydroxylamine groups is 2. The zero-order valence-electron chi connectivity index (χ0n) is 14.2. The molecule has 1 rings (SSSR count). The van der Waals surface area contributed by atoms with Gasteiger partial charge in [-0.25, -0.2) is 5.06 Å². The maximum atomic E-state index is 11.5. The number of carbonyl (C=O) groups is 1. The third-order valence-electron chi connectivity index (χ3n) is 3.31. The molecule has 2 N–H and O–H groups in total. The van der Waals surface area contributed by atoms with E-state index in [9.17, 15) is 4.79 Å². The van der Waals surface area contributed by atoms with Gasteiger partial charge >= 0.3 is 0 Å². The van der Waals surface area contributed by atoms with Crippen LogP contribution in [-0.4, -0.2) is 42.6 Å². The van der Waals surface area contributed by atoms with Crippen LogP contribution in [0.4, 0.5) is 5.69 Å². The number of aliphatic imine (C=N–C) groups is 1. The Labute approximate surface area is 142 Å². The third-order valence-corrected chi connectivity index (χ3v) is 3.31. The predicted octanol–water partition coefficient (Wildman–Crippen LogP) is 1.89. The van der Waals surface area contributed by atoms with Gasteiger partial charge in [0.05, 0.1) is 7.11 Å². The Morgan fingerprint density at radius 1 is 1.33 bits per heavy atom. The summed E-state index contributed by atoms with van der Waals surface area (Å²) in [6, 6.07) is 3.59. The second kappa shape index (κ2) is 11.8. The Balaban J connectivity index is 2.23. The van der Waals surface area contributed by atoms with Gasteiger partial charge in [-0.2, -0.15) is 5.26 Å². The number of guanidine groups is 1. The fraction of sp³-hybridized carbons (Fsp3) is 0.500. The van der Waals surface area contributed by atoms with E-state index in [2.05, 4.69) is 20.6 Å². The van der Waals surface area contributed by atoms with Crippen LogP contribution >= 0.6 is 0 Å². The van der Waals surface area contributed by atoms with Gasteiger partial charge in [-0.3, -0.25) is 24.9 Å². The minimum atomic E-state index is -0.0161. The molecule has 0 radical (unpaired) electrons. The summed E-state index contributed by atoms with van der Waals surface area (Å²) in [5, 5.41) is 15.6. The molecule has 0 saturated carbocycles. The Kier molecular flexibility index (Phi) is 9.57. The number of aromatic nitrogens is 1. The predicted molar refractivity (Wildman–Crippen MR) is 91.8 cm³/mol. The van der Waals surface area contributed by atoms with E-state index >= 15 is 0 Å². The Bertz CT molecular complexity index is 555. The molecule has 8 heteroatoms. The van der Waals surface area contributed by atoms with Crippen molar-refractivity contribution in [2.45, 2.75) is 32.1 Å². The molecule has 0 unspecified atom stereocenters. The van der Waals surface area contributed by atoms with Crippen molar-refractivity contribution in [1.29, 1.82) is 5.26 Å². The van der Waals surface area contributed by atoms with Crippen molar-refractivity contribution in [2.24, 2.45) is 4.99 Å².